The quantitative estimate of drug-likeness (QED) is 0.608. The van der Waals surface area contributed by atoms with Crippen LogP contribution in [0.5, 0.6) is 0 Å². The average Bonchev–Trinajstić information content (AvgIpc) is 2.32. The largest absolute Gasteiger partial charge is 0.264 e. The lowest BCUT2D eigenvalue weighted by Gasteiger charge is -1.95. The van der Waals surface area contributed by atoms with Crippen LogP contribution < -0.4 is 0 Å². The molecule has 1 nitrogen and oxygen atoms in total. The summed E-state index contributed by atoms with van der Waals surface area (Å²) in [5.41, 5.74) is 2.66. The molecule has 1 aromatic rings. The third-order valence-electron chi connectivity index (χ3n) is 1.97. The molecule has 0 atom stereocenters. The van der Waals surface area contributed by atoms with Crippen molar-refractivity contribution >= 4 is 0 Å². The number of hydrogen-bond donors (Lipinski definition) is 0. The Morgan fingerprint density at radius 3 is 1.88 bits per heavy atom. The van der Waals surface area contributed by atoms with Crippen LogP contribution in [0.15, 0.2) is 48.1 Å². The Bertz CT molecular complexity index is 335. The van der Waals surface area contributed by atoms with Crippen LogP contribution >= 0.6 is 0 Å². The van der Waals surface area contributed by atoms with Gasteiger partial charge in [0.2, 0.25) is 0 Å². The van der Waals surface area contributed by atoms with E-state index in [0.29, 0.717) is 5.57 Å². The highest BCUT2D eigenvalue weighted by Gasteiger charge is 1.92. The van der Waals surface area contributed by atoms with Crippen molar-refractivity contribution in [1.82, 2.24) is 4.98 Å². The summed E-state index contributed by atoms with van der Waals surface area (Å²) in [7, 11) is 0. The highest BCUT2D eigenvalue weighted by atomic mass is 19.1. The van der Waals surface area contributed by atoms with Crippen LogP contribution in [-0.4, -0.2) is 4.98 Å². The minimum atomic E-state index is -0.141. The molecule has 0 aliphatic heterocycles. The van der Waals surface area contributed by atoms with Gasteiger partial charge in [0.05, 0.1) is 5.83 Å². The number of aryl methyl sites for hydroxylation is 1. The third-order valence-corrected chi connectivity index (χ3v) is 1.97. The number of aromatic nitrogens is 1. The van der Waals surface area contributed by atoms with Crippen molar-refractivity contribution in [2.45, 2.75) is 41.5 Å². The highest BCUT2D eigenvalue weighted by molar-refractivity contribution is 5.25. The summed E-state index contributed by atoms with van der Waals surface area (Å²) in [6.07, 6.45) is 3.60. The Balaban J connectivity index is 0. The van der Waals surface area contributed by atoms with Crippen molar-refractivity contribution in [3.8, 4) is 0 Å². The fourth-order valence-corrected chi connectivity index (χ4v) is 0.742. The van der Waals surface area contributed by atoms with Gasteiger partial charge in [-0.15, -0.1) is 0 Å². The number of allylic oxidation sites excluding steroid dienone is 3. The van der Waals surface area contributed by atoms with Crippen LogP contribution in [0.4, 0.5) is 4.39 Å². The van der Waals surface area contributed by atoms with Gasteiger partial charge < -0.3 is 0 Å². The monoisotopic (exact) mass is 237 g/mol. The van der Waals surface area contributed by atoms with Crippen molar-refractivity contribution in [2.24, 2.45) is 0 Å². The normalized spacial score (nSPS) is 10.1. The maximum atomic E-state index is 12.2. The summed E-state index contributed by atoms with van der Waals surface area (Å²) in [6.45, 7) is 14.5. The molecule has 0 unspecified atom stereocenters. The van der Waals surface area contributed by atoms with E-state index in [2.05, 4.69) is 11.6 Å². The lowest BCUT2D eigenvalue weighted by molar-refractivity contribution is 0.629. The molecular weight excluding hydrogens is 213 g/mol. The molecule has 0 saturated heterocycles. The van der Waals surface area contributed by atoms with Crippen LogP contribution in [-0.2, 0) is 0 Å². The minimum absolute atomic E-state index is 0.141. The van der Waals surface area contributed by atoms with E-state index in [1.165, 1.54) is 12.5 Å². The molecule has 1 aromatic heterocycles. The average molecular weight is 237 g/mol. The third kappa shape index (κ3) is 10.8. The number of hydrogen-bond acceptors (Lipinski definition) is 1. The van der Waals surface area contributed by atoms with E-state index in [-0.39, 0.29) is 5.83 Å². The molecule has 0 radical (unpaired) electrons. The second kappa shape index (κ2) is 11.1. The molecule has 0 saturated carbocycles. The number of nitrogens with zero attached hydrogens (tertiary/aromatic N) is 1. The smallest absolute Gasteiger partial charge is 0.1000 e. The van der Waals surface area contributed by atoms with Gasteiger partial charge in [0.15, 0.2) is 0 Å². The van der Waals surface area contributed by atoms with E-state index >= 15 is 0 Å². The molecule has 1 heterocycles. The first-order valence-electron chi connectivity index (χ1n) is 5.80. The molecule has 0 aliphatic carbocycles. The summed E-state index contributed by atoms with van der Waals surface area (Å²) in [5.74, 6) is -0.141. The van der Waals surface area contributed by atoms with Gasteiger partial charge in [-0.25, -0.2) is 4.39 Å². The topological polar surface area (TPSA) is 12.9 Å². The lowest BCUT2D eigenvalue weighted by Crippen LogP contribution is -1.77. The molecule has 0 aliphatic rings. The fourth-order valence-electron chi connectivity index (χ4n) is 0.742. The molecule has 17 heavy (non-hydrogen) atoms. The number of rotatable bonds is 1. The second-order valence-electron chi connectivity index (χ2n) is 3.47. The zero-order chi connectivity index (χ0) is 13.8. The molecule has 96 valence electrons. The fraction of sp³-hybridized carbons (Fsp3) is 0.400. The maximum absolute atomic E-state index is 12.2. The number of pyridine rings is 1. The van der Waals surface area contributed by atoms with Crippen molar-refractivity contribution < 1.29 is 4.39 Å². The van der Waals surface area contributed by atoms with E-state index in [1.54, 1.807) is 20.0 Å². The maximum Gasteiger partial charge on any atom is 0.1000 e. The summed E-state index contributed by atoms with van der Waals surface area (Å²) in [4.78, 5) is 3.88. The van der Waals surface area contributed by atoms with Crippen LogP contribution in [0, 0.1) is 6.92 Å². The van der Waals surface area contributed by atoms with Gasteiger partial charge in [-0.05, 0) is 44.9 Å². The van der Waals surface area contributed by atoms with E-state index in [9.17, 15) is 4.39 Å². The van der Waals surface area contributed by atoms with E-state index in [0.717, 1.165) is 5.57 Å². The summed E-state index contributed by atoms with van der Waals surface area (Å²) in [5, 5.41) is 0. The second-order valence-corrected chi connectivity index (χ2v) is 3.47. The molecule has 0 bridgehead atoms. The molecule has 0 N–H and O–H groups in total. The van der Waals surface area contributed by atoms with Gasteiger partial charge in [0.1, 0.15) is 0 Å². The van der Waals surface area contributed by atoms with Gasteiger partial charge in [-0.1, -0.05) is 32.1 Å². The van der Waals surface area contributed by atoms with Gasteiger partial charge in [0.25, 0.3) is 0 Å². The molecule has 0 aromatic carbocycles. The van der Waals surface area contributed by atoms with E-state index < -0.39 is 0 Å². The van der Waals surface area contributed by atoms with Crippen LogP contribution in [0.3, 0.4) is 0 Å². The van der Waals surface area contributed by atoms with Crippen LogP contribution in [0.25, 0.3) is 0 Å². The Hall–Kier alpha value is -1.44. The Morgan fingerprint density at radius 2 is 1.76 bits per heavy atom. The molecule has 2 heteroatoms. The first-order chi connectivity index (χ1) is 7.95. The van der Waals surface area contributed by atoms with Crippen molar-refractivity contribution in [2.75, 3.05) is 0 Å². The Kier molecular flexibility index (Phi) is 11.7. The predicted molar refractivity (Wildman–Crippen MR) is 74.6 cm³/mol. The zero-order valence-corrected chi connectivity index (χ0v) is 11.8. The van der Waals surface area contributed by atoms with Crippen molar-refractivity contribution in [3.05, 3.63) is 53.6 Å². The molecule has 1 rings (SSSR count). The van der Waals surface area contributed by atoms with Crippen LogP contribution in [0.2, 0.25) is 0 Å². The van der Waals surface area contributed by atoms with E-state index in [1.807, 2.05) is 39.1 Å². The number of halogens is 1. The van der Waals surface area contributed by atoms with Gasteiger partial charge in [-0.3, -0.25) is 4.98 Å². The van der Waals surface area contributed by atoms with Gasteiger partial charge in [-0.2, -0.15) is 0 Å². The summed E-state index contributed by atoms with van der Waals surface area (Å²) < 4.78 is 12.2. The summed E-state index contributed by atoms with van der Waals surface area (Å²) in [6, 6.07) is 3.95. The van der Waals surface area contributed by atoms with Crippen LogP contribution in [0.1, 0.15) is 40.2 Å². The molecule has 0 spiro atoms. The Morgan fingerprint density at radius 1 is 1.24 bits per heavy atom. The summed E-state index contributed by atoms with van der Waals surface area (Å²) >= 11 is 0. The Labute approximate surface area is 105 Å². The molecule has 0 fully saturated rings. The SMILES string of the molecule is C=C(C)/C(C)=C(\C)F.CC.Cc1cccnc1. The van der Waals surface area contributed by atoms with Gasteiger partial charge >= 0.3 is 0 Å². The predicted octanol–water partition coefficient (Wildman–Crippen LogP) is 5.24. The molecule has 0 amide bonds. The standard InChI is InChI=1S/C7H11F.C6H7N.C2H6/c1-5(2)6(3)7(4)8;1-6-3-2-4-7-5-6;1-2/h1H2,2-4H3;2-5H,1H3;1-2H3/b7-6+;;. The zero-order valence-electron chi connectivity index (χ0n) is 11.8. The minimum Gasteiger partial charge on any atom is -0.264 e. The van der Waals surface area contributed by atoms with Crippen molar-refractivity contribution in [3.63, 3.8) is 0 Å². The molecular formula is C15H24FN. The lowest BCUT2D eigenvalue weighted by atomic mass is 10.1. The first kappa shape index (κ1) is 17.9. The van der Waals surface area contributed by atoms with Gasteiger partial charge in [0, 0.05) is 12.4 Å². The highest BCUT2D eigenvalue weighted by Crippen LogP contribution is 2.11. The van der Waals surface area contributed by atoms with Crippen molar-refractivity contribution in [1.29, 1.82) is 0 Å². The first-order valence-corrected chi connectivity index (χ1v) is 5.80. The van der Waals surface area contributed by atoms with E-state index in [4.69, 9.17) is 0 Å².